The van der Waals surface area contributed by atoms with Crippen LogP contribution < -0.4 is 15.2 Å². The summed E-state index contributed by atoms with van der Waals surface area (Å²) in [5.74, 6) is 0.173. The molecule has 140 valence electrons. The van der Waals surface area contributed by atoms with Crippen molar-refractivity contribution in [2.45, 2.75) is 6.92 Å². The molecule has 0 radical (unpaired) electrons. The van der Waals surface area contributed by atoms with E-state index in [0.717, 1.165) is 0 Å². The lowest BCUT2D eigenvalue weighted by Gasteiger charge is -2.14. The molecular weight excluding hydrogens is 455 g/mol. The van der Waals surface area contributed by atoms with E-state index in [1.54, 1.807) is 36.4 Å². The van der Waals surface area contributed by atoms with E-state index in [1.807, 2.05) is 6.92 Å². The molecule has 2 aromatic rings. The molecular formula is C19H15BrCl2N2O3. The van der Waals surface area contributed by atoms with E-state index in [1.165, 1.54) is 0 Å². The maximum absolute atomic E-state index is 11.0. The summed E-state index contributed by atoms with van der Waals surface area (Å²) in [6, 6.07) is 10.5. The van der Waals surface area contributed by atoms with Crippen molar-refractivity contribution in [2.24, 2.45) is 5.73 Å². The largest absolute Gasteiger partial charge is 0.490 e. The van der Waals surface area contributed by atoms with Crippen LogP contribution in [-0.4, -0.2) is 19.1 Å². The smallest absolute Gasteiger partial charge is 0.255 e. The maximum Gasteiger partial charge on any atom is 0.255 e. The van der Waals surface area contributed by atoms with E-state index < -0.39 is 5.91 Å². The Hall–Kier alpha value is -2.20. The summed E-state index contributed by atoms with van der Waals surface area (Å²) in [6.45, 7) is 1.93. The highest BCUT2D eigenvalue weighted by Crippen LogP contribution is 2.38. The molecule has 0 unspecified atom stereocenters. The van der Waals surface area contributed by atoms with Crippen molar-refractivity contribution in [1.82, 2.24) is 0 Å². The van der Waals surface area contributed by atoms with Gasteiger partial charge >= 0.3 is 0 Å². The van der Waals surface area contributed by atoms with Crippen LogP contribution in [0.1, 0.15) is 18.1 Å². The molecule has 1 amide bonds. The van der Waals surface area contributed by atoms with Gasteiger partial charge in [0.15, 0.2) is 18.1 Å². The molecule has 0 heterocycles. The third-order valence-corrected chi connectivity index (χ3v) is 4.48. The number of carbonyl (C=O) groups excluding carboxylic acids is 1. The molecule has 0 saturated heterocycles. The molecule has 8 heteroatoms. The zero-order valence-corrected chi connectivity index (χ0v) is 17.4. The number of nitrogens with two attached hydrogens (primary N) is 1. The number of halogens is 3. The Bertz CT molecular complexity index is 939. The number of benzene rings is 2. The summed E-state index contributed by atoms with van der Waals surface area (Å²) < 4.78 is 11.6. The van der Waals surface area contributed by atoms with Crippen LogP contribution in [0, 0.1) is 11.3 Å². The molecule has 0 atom stereocenters. The van der Waals surface area contributed by atoms with Crippen molar-refractivity contribution in [3.05, 3.63) is 56.0 Å². The van der Waals surface area contributed by atoms with Gasteiger partial charge in [-0.2, -0.15) is 5.26 Å². The average Bonchev–Trinajstić information content (AvgIpc) is 2.59. The topological polar surface area (TPSA) is 85.3 Å². The molecule has 2 rings (SSSR count). The lowest BCUT2D eigenvalue weighted by atomic mass is 10.0. The van der Waals surface area contributed by atoms with Crippen molar-refractivity contribution < 1.29 is 14.3 Å². The highest BCUT2D eigenvalue weighted by Gasteiger charge is 2.14. The van der Waals surface area contributed by atoms with Gasteiger partial charge in [-0.25, -0.2) is 0 Å². The second-order valence-corrected chi connectivity index (χ2v) is 7.01. The first-order valence-corrected chi connectivity index (χ1v) is 9.35. The minimum Gasteiger partial charge on any atom is -0.490 e. The zero-order valence-electron chi connectivity index (χ0n) is 14.3. The molecule has 0 fully saturated rings. The van der Waals surface area contributed by atoms with Crippen LogP contribution in [0.3, 0.4) is 0 Å². The van der Waals surface area contributed by atoms with E-state index in [2.05, 4.69) is 22.0 Å². The van der Waals surface area contributed by atoms with Gasteiger partial charge in [-0.05, 0) is 58.8 Å². The minimum absolute atomic E-state index is 0.280. The van der Waals surface area contributed by atoms with Gasteiger partial charge in [-0.15, -0.1) is 0 Å². The highest BCUT2D eigenvalue weighted by atomic mass is 79.9. The average molecular weight is 470 g/mol. The van der Waals surface area contributed by atoms with Gasteiger partial charge in [0.05, 0.1) is 27.7 Å². The first-order chi connectivity index (χ1) is 12.8. The first kappa shape index (κ1) is 21.1. The van der Waals surface area contributed by atoms with E-state index >= 15 is 0 Å². The first-order valence-electron chi connectivity index (χ1n) is 7.80. The summed E-state index contributed by atoms with van der Waals surface area (Å²) in [6.07, 6.45) is 1.67. The van der Waals surface area contributed by atoms with Gasteiger partial charge in [-0.1, -0.05) is 29.3 Å². The number of nitriles is 1. The number of nitrogens with zero attached hydrogens (tertiary/aromatic N) is 1. The number of hydrogen-bond acceptors (Lipinski definition) is 4. The van der Waals surface area contributed by atoms with Crippen molar-refractivity contribution in [1.29, 1.82) is 5.26 Å². The van der Waals surface area contributed by atoms with E-state index in [9.17, 15) is 10.1 Å². The van der Waals surface area contributed by atoms with Crippen LogP contribution in [0.5, 0.6) is 11.5 Å². The Morgan fingerprint density at radius 2 is 2.04 bits per heavy atom. The van der Waals surface area contributed by atoms with Crippen LogP contribution in [0.2, 0.25) is 10.0 Å². The van der Waals surface area contributed by atoms with Gasteiger partial charge < -0.3 is 15.2 Å². The Balaban J connectivity index is 2.49. The highest BCUT2D eigenvalue weighted by molar-refractivity contribution is 9.10. The Kier molecular flexibility index (Phi) is 7.55. The van der Waals surface area contributed by atoms with Crippen LogP contribution >= 0.6 is 39.1 Å². The monoisotopic (exact) mass is 468 g/mol. The van der Waals surface area contributed by atoms with E-state index in [4.69, 9.17) is 38.4 Å². The Morgan fingerprint density at radius 1 is 1.30 bits per heavy atom. The third-order valence-electron chi connectivity index (χ3n) is 3.34. The van der Waals surface area contributed by atoms with Crippen LogP contribution in [-0.2, 0) is 4.79 Å². The number of ether oxygens (including phenoxy) is 2. The number of hydrogen-bond donors (Lipinski definition) is 1. The lowest BCUT2D eigenvalue weighted by Crippen LogP contribution is -2.20. The zero-order chi connectivity index (χ0) is 20.0. The molecule has 0 aliphatic carbocycles. The molecule has 2 N–H and O–H groups in total. The molecule has 0 aliphatic heterocycles. The molecule has 27 heavy (non-hydrogen) atoms. The van der Waals surface area contributed by atoms with Crippen molar-refractivity contribution >= 4 is 56.7 Å². The van der Waals surface area contributed by atoms with Gasteiger partial charge in [0.2, 0.25) is 0 Å². The normalized spacial score (nSPS) is 11.0. The molecule has 0 bridgehead atoms. The van der Waals surface area contributed by atoms with E-state index in [0.29, 0.717) is 49.3 Å². The summed E-state index contributed by atoms with van der Waals surface area (Å²) in [5.41, 5.74) is 6.73. The van der Waals surface area contributed by atoms with Gasteiger partial charge in [0.1, 0.15) is 0 Å². The standard InChI is InChI=1S/C19H15BrCl2N2O3/c1-2-26-17-7-11(6-15(20)19(17)27-10-18(24)25)5-12(9-23)14-4-3-13(21)8-16(14)22/h3-8H,2,10H2,1H3,(H2,24,25)/b12-5+. The number of carbonyl (C=O) groups is 1. The Labute approximate surface area is 175 Å². The fourth-order valence-corrected chi connectivity index (χ4v) is 3.35. The lowest BCUT2D eigenvalue weighted by molar-refractivity contribution is -0.119. The molecule has 0 aromatic heterocycles. The molecule has 0 spiro atoms. The van der Waals surface area contributed by atoms with Crippen molar-refractivity contribution in [3.8, 4) is 17.6 Å². The quantitative estimate of drug-likeness (QED) is 0.452. The van der Waals surface area contributed by atoms with Crippen LogP contribution in [0.15, 0.2) is 34.8 Å². The third kappa shape index (κ3) is 5.64. The molecule has 2 aromatic carbocycles. The van der Waals surface area contributed by atoms with E-state index in [-0.39, 0.29) is 6.61 Å². The number of rotatable bonds is 7. The number of amides is 1. The predicted molar refractivity (Wildman–Crippen MR) is 110 cm³/mol. The summed E-state index contributed by atoms with van der Waals surface area (Å²) in [7, 11) is 0. The van der Waals surface area contributed by atoms with Crippen LogP contribution in [0.4, 0.5) is 0 Å². The molecule has 0 aliphatic rings. The SMILES string of the molecule is CCOc1cc(/C=C(\C#N)c2ccc(Cl)cc2Cl)cc(Br)c1OCC(N)=O. The van der Waals surface area contributed by atoms with Crippen molar-refractivity contribution in [2.75, 3.05) is 13.2 Å². The predicted octanol–water partition coefficient (Wildman–Crippen LogP) is 5.08. The minimum atomic E-state index is -0.600. The summed E-state index contributed by atoms with van der Waals surface area (Å²) in [4.78, 5) is 11.0. The van der Waals surface area contributed by atoms with Crippen molar-refractivity contribution in [3.63, 3.8) is 0 Å². The molecule has 5 nitrogen and oxygen atoms in total. The fraction of sp³-hybridized carbons (Fsp3) is 0.158. The van der Waals surface area contributed by atoms with Gasteiger partial charge in [0.25, 0.3) is 5.91 Å². The molecule has 0 saturated carbocycles. The number of primary amides is 1. The summed E-state index contributed by atoms with van der Waals surface area (Å²) in [5, 5.41) is 10.4. The summed E-state index contributed by atoms with van der Waals surface area (Å²) >= 11 is 15.5. The Morgan fingerprint density at radius 3 is 2.63 bits per heavy atom. The number of allylic oxidation sites excluding steroid dienone is 1. The second-order valence-electron chi connectivity index (χ2n) is 5.31. The van der Waals surface area contributed by atoms with Crippen LogP contribution in [0.25, 0.3) is 11.6 Å². The van der Waals surface area contributed by atoms with Gasteiger partial charge in [-0.3, -0.25) is 4.79 Å². The second kappa shape index (κ2) is 9.65. The maximum atomic E-state index is 11.0. The fourth-order valence-electron chi connectivity index (χ4n) is 2.26. The van der Waals surface area contributed by atoms with Gasteiger partial charge in [0, 0.05) is 10.6 Å².